The van der Waals surface area contributed by atoms with E-state index < -0.39 is 0 Å². The molecular formula is C17H36N2O2. The molecule has 1 saturated carbocycles. The van der Waals surface area contributed by atoms with Crippen LogP contribution in [0.2, 0.25) is 0 Å². The zero-order valence-electron chi connectivity index (χ0n) is 14.7. The van der Waals surface area contributed by atoms with Gasteiger partial charge in [0.1, 0.15) is 0 Å². The Balaban J connectivity index is 2.73. The van der Waals surface area contributed by atoms with Gasteiger partial charge in [-0.3, -0.25) is 4.90 Å². The van der Waals surface area contributed by atoms with Crippen molar-refractivity contribution < 1.29 is 9.84 Å². The quantitative estimate of drug-likeness (QED) is 0.685. The SMILES string of the molecule is COCCN(CC(C)C)C1CCCC(CO)(NC(C)C)C1. The van der Waals surface area contributed by atoms with Crippen LogP contribution in [0.3, 0.4) is 0 Å². The second-order valence-electron chi connectivity index (χ2n) is 7.37. The van der Waals surface area contributed by atoms with E-state index in [0.29, 0.717) is 18.0 Å². The Morgan fingerprint density at radius 1 is 1.33 bits per heavy atom. The number of aliphatic hydroxyl groups excluding tert-OH is 1. The van der Waals surface area contributed by atoms with Crippen molar-refractivity contribution in [2.45, 2.75) is 71.0 Å². The van der Waals surface area contributed by atoms with E-state index in [0.717, 1.165) is 32.5 Å². The maximum Gasteiger partial charge on any atom is 0.0613 e. The van der Waals surface area contributed by atoms with Gasteiger partial charge >= 0.3 is 0 Å². The van der Waals surface area contributed by atoms with Crippen LogP contribution in [-0.4, -0.2) is 61.0 Å². The third kappa shape index (κ3) is 6.23. The molecule has 0 saturated heterocycles. The van der Waals surface area contributed by atoms with Crippen LogP contribution in [0.25, 0.3) is 0 Å². The standard InChI is InChI=1S/C17H36N2O2/c1-14(2)12-19(9-10-21-5)16-7-6-8-17(11-16,13-20)18-15(3)4/h14-16,18,20H,6-13H2,1-5H3. The van der Waals surface area contributed by atoms with Crippen molar-refractivity contribution in [3.05, 3.63) is 0 Å². The maximum atomic E-state index is 9.94. The number of nitrogens with one attached hydrogen (secondary N) is 1. The fourth-order valence-corrected chi connectivity index (χ4v) is 3.68. The Hall–Kier alpha value is -0.160. The number of methoxy groups -OCH3 is 1. The Morgan fingerprint density at radius 3 is 2.57 bits per heavy atom. The molecule has 0 radical (unpaired) electrons. The molecule has 4 nitrogen and oxygen atoms in total. The van der Waals surface area contributed by atoms with Crippen LogP contribution < -0.4 is 5.32 Å². The summed E-state index contributed by atoms with van der Waals surface area (Å²) in [6, 6.07) is 0.961. The second-order valence-corrected chi connectivity index (χ2v) is 7.37. The summed E-state index contributed by atoms with van der Waals surface area (Å²) in [5, 5.41) is 13.6. The van der Waals surface area contributed by atoms with Crippen LogP contribution >= 0.6 is 0 Å². The lowest BCUT2D eigenvalue weighted by Gasteiger charge is -2.46. The molecule has 1 aliphatic carbocycles. The highest BCUT2D eigenvalue weighted by Gasteiger charge is 2.38. The second kappa shape index (κ2) is 9.09. The van der Waals surface area contributed by atoms with Gasteiger partial charge in [0.2, 0.25) is 0 Å². The highest BCUT2D eigenvalue weighted by Crippen LogP contribution is 2.32. The number of hydrogen-bond acceptors (Lipinski definition) is 4. The molecule has 0 aromatic heterocycles. The Morgan fingerprint density at radius 2 is 2.05 bits per heavy atom. The van der Waals surface area contributed by atoms with Crippen molar-refractivity contribution in [3.8, 4) is 0 Å². The van der Waals surface area contributed by atoms with E-state index in [1.807, 2.05) is 0 Å². The lowest BCUT2D eigenvalue weighted by molar-refractivity contribution is 0.0370. The van der Waals surface area contributed by atoms with Crippen molar-refractivity contribution in [1.82, 2.24) is 10.2 Å². The number of rotatable bonds is 9. The molecule has 126 valence electrons. The van der Waals surface area contributed by atoms with Gasteiger partial charge in [-0.15, -0.1) is 0 Å². The van der Waals surface area contributed by atoms with Crippen LogP contribution in [0.5, 0.6) is 0 Å². The maximum absolute atomic E-state index is 9.94. The summed E-state index contributed by atoms with van der Waals surface area (Å²) >= 11 is 0. The molecule has 0 amide bonds. The van der Waals surface area contributed by atoms with E-state index in [4.69, 9.17) is 4.74 Å². The van der Waals surface area contributed by atoms with Gasteiger partial charge in [-0.05, 0) is 31.6 Å². The average molecular weight is 300 g/mol. The minimum atomic E-state index is -0.0978. The fourth-order valence-electron chi connectivity index (χ4n) is 3.68. The van der Waals surface area contributed by atoms with Crippen LogP contribution in [0.4, 0.5) is 0 Å². The lowest BCUT2D eigenvalue weighted by atomic mass is 9.78. The summed E-state index contributed by atoms with van der Waals surface area (Å²) in [6.07, 6.45) is 4.54. The summed E-state index contributed by atoms with van der Waals surface area (Å²) in [5.41, 5.74) is -0.0978. The molecular weight excluding hydrogens is 264 g/mol. The number of hydrogen-bond donors (Lipinski definition) is 2. The number of nitrogens with zero attached hydrogens (tertiary/aromatic N) is 1. The smallest absolute Gasteiger partial charge is 0.0613 e. The fraction of sp³-hybridized carbons (Fsp3) is 1.00. The molecule has 21 heavy (non-hydrogen) atoms. The minimum absolute atomic E-state index is 0.0978. The van der Waals surface area contributed by atoms with E-state index in [9.17, 15) is 5.11 Å². The zero-order valence-corrected chi connectivity index (χ0v) is 14.7. The number of aliphatic hydroxyl groups is 1. The Labute approximate surface area is 131 Å². The van der Waals surface area contributed by atoms with Crippen molar-refractivity contribution in [2.24, 2.45) is 5.92 Å². The molecule has 0 aromatic rings. The van der Waals surface area contributed by atoms with Crippen molar-refractivity contribution in [3.63, 3.8) is 0 Å². The first kappa shape index (κ1) is 18.9. The van der Waals surface area contributed by atoms with Gasteiger partial charge in [-0.1, -0.05) is 27.7 Å². The molecule has 2 unspecified atom stereocenters. The van der Waals surface area contributed by atoms with Gasteiger partial charge < -0.3 is 15.2 Å². The van der Waals surface area contributed by atoms with Gasteiger partial charge in [0, 0.05) is 37.8 Å². The summed E-state index contributed by atoms with van der Waals surface area (Å²) in [6.45, 7) is 12.0. The first-order valence-electron chi connectivity index (χ1n) is 8.54. The topological polar surface area (TPSA) is 44.7 Å². The molecule has 1 aliphatic rings. The lowest BCUT2D eigenvalue weighted by Crippen LogP contribution is -2.58. The molecule has 1 rings (SSSR count). The van der Waals surface area contributed by atoms with Gasteiger partial charge in [-0.25, -0.2) is 0 Å². The Kier molecular flexibility index (Phi) is 8.17. The first-order valence-corrected chi connectivity index (χ1v) is 8.54. The van der Waals surface area contributed by atoms with E-state index in [1.54, 1.807) is 7.11 Å². The monoisotopic (exact) mass is 300 g/mol. The summed E-state index contributed by atoms with van der Waals surface area (Å²) < 4.78 is 5.28. The van der Waals surface area contributed by atoms with Gasteiger partial charge in [0.25, 0.3) is 0 Å². The highest BCUT2D eigenvalue weighted by molar-refractivity contribution is 4.97. The van der Waals surface area contributed by atoms with Gasteiger partial charge in [-0.2, -0.15) is 0 Å². The Bertz CT molecular complexity index is 284. The molecule has 0 aliphatic heterocycles. The predicted molar refractivity (Wildman–Crippen MR) is 88.6 cm³/mol. The molecule has 0 spiro atoms. The van der Waals surface area contributed by atoms with Gasteiger partial charge in [0.15, 0.2) is 0 Å². The highest BCUT2D eigenvalue weighted by atomic mass is 16.5. The van der Waals surface area contributed by atoms with Crippen molar-refractivity contribution >= 4 is 0 Å². The van der Waals surface area contributed by atoms with Crippen molar-refractivity contribution in [1.29, 1.82) is 0 Å². The van der Waals surface area contributed by atoms with Gasteiger partial charge in [0.05, 0.1) is 13.2 Å². The van der Waals surface area contributed by atoms with Crippen LogP contribution in [0.15, 0.2) is 0 Å². The third-order valence-electron chi connectivity index (χ3n) is 4.42. The minimum Gasteiger partial charge on any atom is -0.394 e. The molecule has 0 aromatic carbocycles. The van der Waals surface area contributed by atoms with E-state index >= 15 is 0 Å². The van der Waals surface area contributed by atoms with E-state index in [-0.39, 0.29) is 12.1 Å². The van der Waals surface area contributed by atoms with E-state index in [1.165, 1.54) is 12.8 Å². The average Bonchev–Trinajstić information content (AvgIpc) is 2.42. The summed E-state index contributed by atoms with van der Waals surface area (Å²) in [5.74, 6) is 0.658. The van der Waals surface area contributed by atoms with E-state index in [2.05, 4.69) is 37.9 Å². The molecule has 0 heterocycles. The number of ether oxygens (including phenoxy) is 1. The molecule has 4 heteroatoms. The van der Waals surface area contributed by atoms with Crippen LogP contribution in [-0.2, 0) is 4.74 Å². The summed E-state index contributed by atoms with van der Waals surface area (Å²) in [4.78, 5) is 2.57. The molecule has 0 bridgehead atoms. The predicted octanol–water partition coefficient (Wildman–Crippen LogP) is 2.26. The molecule has 1 fully saturated rings. The van der Waals surface area contributed by atoms with Crippen molar-refractivity contribution in [2.75, 3.05) is 33.4 Å². The van der Waals surface area contributed by atoms with Crippen LogP contribution in [0.1, 0.15) is 53.4 Å². The first-order chi connectivity index (χ1) is 9.92. The third-order valence-corrected chi connectivity index (χ3v) is 4.42. The molecule has 2 atom stereocenters. The molecule has 2 N–H and O–H groups in total. The largest absolute Gasteiger partial charge is 0.394 e. The normalized spacial score (nSPS) is 27.0. The summed E-state index contributed by atoms with van der Waals surface area (Å²) in [7, 11) is 1.77. The zero-order chi connectivity index (χ0) is 15.9. The van der Waals surface area contributed by atoms with Crippen LogP contribution in [0, 0.1) is 5.92 Å².